The number of ketones is 1. The van der Waals surface area contributed by atoms with Crippen LogP contribution in [0.1, 0.15) is 71.6 Å². The molecule has 10 aromatic heterocycles. The van der Waals surface area contributed by atoms with Crippen LogP contribution in [0.5, 0.6) is 0 Å². The number of nitrogens with one attached hydrogen (secondary N) is 2. The van der Waals surface area contributed by atoms with E-state index in [1.165, 1.54) is 185 Å². The van der Waals surface area contributed by atoms with Crippen LogP contribution in [0, 0.1) is 0 Å². The van der Waals surface area contributed by atoms with E-state index in [4.69, 9.17) is 13.3 Å². The van der Waals surface area contributed by atoms with E-state index in [9.17, 15) is 4.79 Å². The van der Waals surface area contributed by atoms with Crippen molar-refractivity contribution in [3.05, 3.63) is 513 Å². The second-order valence-electron chi connectivity index (χ2n) is 32.7. The molecule has 0 bridgehead atoms. The molecule has 11 heteroatoms. The van der Waals surface area contributed by atoms with Gasteiger partial charge in [0.15, 0.2) is 5.78 Å². The van der Waals surface area contributed by atoms with Crippen molar-refractivity contribution >= 4 is 146 Å². The number of para-hydroxylation sites is 4. The molecular formula is C121H88N2O4S5. The molecule has 0 saturated carbocycles. The van der Waals surface area contributed by atoms with Crippen molar-refractivity contribution in [2.45, 2.75) is 38.5 Å². The van der Waals surface area contributed by atoms with Gasteiger partial charge in [-0.15, -0.1) is 56.7 Å². The molecule has 0 spiro atoms. The molecule has 0 fully saturated rings. The number of furan rings is 3. The monoisotopic (exact) mass is 1790 g/mol. The number of aromatic amines is 2. The molecule has 0 saturated heterocycles. The van der Waals surface area contributed by atoms with E-state index < -0.39 is 0 Å². The van der Waals surface area contributed by atoms with E-state index in [1.807, 2.05) is 131 Å². The van der Waals surface area contributed by atoms with Gasteiger partial charge >= 0.3 is 0 Å². The SMILES string of the molecule is O=C1c2ccccc2-c2ccccc21.c1cc2sccc2o1.c1cc2sccc2s1.c1ccc2c(c1)CCc1ccccc1-2.c1ccc2c(c1)Cc1cc[nH]c1-2.c1ccc2c(c1)Cc1ccccc1-2.c1ccc2c(c1)Cc1ccoc1-2.c1ccc2c(c1)Cc1ccsc1-2.c1ccc2c(c1)[nH]c1ccccc12.c1ccc2c(c1)oc1ccccc12.c1ccc2c(c1)sc1ccccc12. The van der Waals surface area contributed by atoms with E-state index in [1.54, 1.807) is 46.5 Å². The molecule has 2 N–H and O–H groups in total. The van der Waals surface area contributed by atoms with Crippen LogP contribution in [-0.4, -0.2) is 15.8 Å². The summed E-state index contributed by atoms with van der Waals surface area (Å²) in [5.74, 6) is 1.21. The predicted octanol–water partition coefficient (Wildman–Crippen LogP) is 34.8. The van der Waals surface area contributed by atoms with Crippen LogP contribution in [0.2, 0.25) is 0 Å². The zero-order valence-electron chi connectivity index (χ0n) is 72.1. The van der Waals surface area contributed by atoms with Crippen molar-refractivity contribution in [1.82, 2.24) is 9.97 Å². The van der Waals surface area contributed by atoms with E-state index in [0.717, 1.165) is 70.4 Å². The molecule has 6 aliphatic carbocycles. The van der Waals surface area contributed by atoms with Gasteiger partial charge in [-0.2, -0.15) is 0 Å². The van der Waals surface area contributed by atoms with Gasteiger partial charge in [0.2, 0.25) is 0 Å². The summed E-state index contributed by atoms with van der Waals surface area (Å²) < 4.78 is 22.9. The van der Waals surface area contributed by atoms with Gasteiger partial charge in [0.05, 0.1) is 17.2 Å². The molecule has 6 aliphatic rings. The van der Waals surface area contributed by atoms with Crippen LogP contribution in [0.4, 0.5) is 0 Å². The molecular weight excluding hydrogens is 1710 g/mol. The molecule has 31 rings (SSSR count). The minimum Gasteiger partial charge on any atom is -0.464 e. The first-order valence-corrected chi connectivity index (χ1v) is 48.8. The smallest absolute Gasteiger partial charge is 0.194 e. The number of carbonyl (C=O) groups is 1. The molecule has 25 aromatic rings. The highest BCUT2D eigenvalue weighted by molar-refractivity contribution is 7.26. The number of thiophene rings is 5. The third-order valence-electron chi connectivity index (χ3n) is 24.7. The van der Waals surface area contributed by atoms with E-state index >= 15 is 0 Å². The normalized spacial score (nSPS) is 11.9. The summed E-state index contributed by atoms with van der Waals surface area (Å²) >= 11 is 9.03. The summed E-state index contributed by atoms with van der Waals surface area (Å²) in [6, 6.07) is 141. The Balaban J connectivity index is 0.0000000878. The molecule has 0 radical (unpaired) electrons. The number of hydrogen-bond donors (Lipinski definition) is 2. The van der Waals surface area contributed by atoms with E-state index in [2.05, 4.69) is 335 Å². The highest BCUT2D eigenvalue weighted by Gasteiger charge is 2.26. The Morgan fingerprint density at radius 1 is 0.235 bits per heavy atom. The third-order valence-corrected chi connectivity index (χ3v) is 29.6. The summed E-state index contributed by atoms with van der Waals surface area (Å²) in [5.41, 5.74) is 34.7. The maximum absolute atomic E-state index is 11.9. The number of carbonyl (C=O) groups excluding carboxylic acids is 1. The van der Waals surface area contributed by atoms with Crippen LogP contribution in [0.25, 0.3) is 150 Å². The largest absolute Gasteiger partial charge is 0.464 e. The first-order valence-electron chi connectivity index (χ1n) is 44.5. The summed E-state index contributed by atoms with van der Waals surface area (Å²) in [6.45, 7) is 0. The van der Waals surface area contributed by atoms with Crippen molar-refractivity contribution in [1.29, 1.82) is 0 Å². The lowest BCUT2D eigenvalue weighted by molar-refractivity contribution is 0.104. The van der Waals surface area contributed by atoms with Crippen molar-refractivity contribution in [2.24, 2.45) is 0 Å². The maximum Gasteiger partial charge on any atom is 0.194 e. The van der Waals surface area contributed by atoms with Gasteiger partial charge < -0.3 is 23.2 Å². The average molecular weight is 1790 g/mol. The lowest BCUT2D eigenvalue weighted by Crippen LogP contribution is -2.02. The minimum absolute atomic E-state index is 0.149. The number of aryl methyl sites for hydroxylation is 2. The average Bonchev–Trinajstić information content (AvgIpc) is 1.49. The van der Waals surface area contributed by atoms with Gasteiger partial charge in [0.1, 0.15) is 22.5 Å². The summed E-state index contributed by atoms with van der Waals surface area (Å²) in [4.78, 5) is 20.0. The topological polar surface area (TPSA) is 88.1 Å². The van der Waals surface area contributed by atoms with Gasteiger partial charge in [-0.3, -0.25) is 4.79 Å². The highest BCUT2D eigenvalue weighted by atomic mass is 32.1. The van der Waals surface area contributed by atoms with Gasteiger partial charge in [0.25, 0.3) is 0 Å². The van der Waals surface area contributed by atoms with Gasteiger partial charge in [-0.25, -0.2) is 0 Å². The van der Waals surface area contributed by atoms with Gasteiger partial charge in [0, 0.05) is 120 Å². The first-order chi connectivity index (χ1) is 65.4. The number of hydrogen-bond acceptors (Lipinski definition) is 9. The van der Waals surface area contributed by atoms with Crippen LogP contribution >= 0.6 is 56.7 Å². The second kappa shape index (κ2) is 39.1. The lowest BCUT2D eigenvalue weighted by atomic mass is 9.86. The molecule has 0 aliphatic heterocycles. The maximum atomic E-state index is 11.9. The van der Waals surface area contributed by atoms with Crippen molar-refractivity contribution < 1.29 is 18.0 Å². The number of rotatable bonds is 0. The highest BCUT2D eigenvalue weighted by Crippen LogP contribution is 2.44. The summed E-state index contributed by atoms with van der Waals surface area (Å²) in [7, 11) is 0. The van der Waals surface area contributed by atoms with Gasteiger partial charge in [-0.1, -0.05) is 328 Å². The molecule has 636 valence electrons. The number of fused-ring (bicyclic) bond motifs is 29. The standard InChI is InChI=1S/C14H12.C13H8O.C13H10.C12H9N.C12H8O.C12H8S.C11H9N.C11H8O.C11H8S.C6H4OS.C6H4S2/c1-3-7-13-11(5-1)9-10-12-6-2-4-8-14(12)13;14-13-11-7-3-1-5-9(11)10-6-2-4-8-12(10)13;1-3-7-12-10(5-1)9-11-6-2-4-8-13(11)12;3*1-3-7-11-9(5-1)10-6-2-4-8-12(10)13-11;3*1-2-4-10-8(3-1)7-9-5-6-12-11(9)10;1-3-7-5-2-4-8-6(1)5;1-3-7-6-2-4-8-5(1)6/h1-8H,9-10H2;1-8H;1-8H,9H2;1-8,13H;2*1-8H;1-6,12H,7H2;2*1-6H,7H2;2*1-4H. The molecule has 15 aromatic carbocycles. The Labute approximate surface area is 786 Å². The zero-order valence-corrected chi connectivity index (χ0v) is 76.2. The Morgan fingerprint density at radius 2 is 0.614 bits per heavy atom. The van der Waals surface area contributed by atoms with Gasteiger partial charge in [-0.05, 0) is 215 Å². The lowest BCUT2D eigenvalue weighted by Gasteiger charge is -2.19. The van der Waals surface area contributed by atoms with Crippen LogP contribution in [0.3, 0.4) is 0 Å². The number of H-pyrrole nitrogens is 2. The Hall–Kier alpha value is -15.1. The van der Waals surface area contributed by atoms with Crippen LogP contribution in [-0.2, 0) is 38.5 Å². The Bertz CT molecular complexity index is 7430. The number of benzene rings is 15. The first kappa shape index (κ1) is 83.8. The second-order valence-corrected chi connectivity index (χ2v) is 37.5. The van der Waals surface area contributed by atoms with Crippen LogP contribution < -0.4 is 0 Å². The van der Waals surface area contributed by atoms with E-state index in [0.29, 0.717) is 0 Å². The fourth-order valence-electron chi connectivity index (χ4n) is 18.4. The molecule has 0 amide bonds. The fraction of sp³-hybridized carbons (Fsp3) is 0.0496. The van der Waals surface area contributed by atoms with Crippen molar-refractivity contribution in [3.63, 3.8) is 0 Å². The Morgan fingerprint density at radius 3 is 1.17 bits per heavy atom. The molecule has 132 heavy (non-hydrogen) atoms. The summed E-state index contributed by atoms with van der Waals surface area (Å²) in [5, 5.41) is 16.2. The minimum atomic E-state index is 0.149. The quantitative estimate of drug-likeness (QED) is 0.158. The Kier molecular flexibility index (Phi) is 24.8. The summed E-state index contributed by atoms with van der Waals surface area (Å²) in [6.07, 6.45) is 12.2. The van der Waals surface area contributed by atoms with Crippen molar-refractivity contribution in [3.8, 4) is 66.4 Å². The fourth-order valence-corrected chi connectivity index (χ4v) is 23.0. The zero-order chi connectivity index (χ0) is 88.3. The number of aromatic nitrogens is 2. The van der Waals surface area contributed by atoms with E-state index in [-0.39, 0.29) is 5.78 Å². The van der Waals surface area contributed by atoms with Crippen molar-refractivity contribution in [2.75, 3.05) is 0 Å². The predicted molar refractivity (Wildman–Crippen MR) is 560 cm³/mol. The molecule has 6 nitrogen and oxygen atoms in total. The third kappa shape index (κ3) is 17.9. The molecule has 10 heterocycles. The molecule has 0 atom stereocenters. The molecule has 0 unspecified atom stereocenters. The van der Waals surface area contributed by atoms with Crippen LogP contribution in [0.15, 0.2) is 460 Å².